The zero-order valence-corrected chi connectivity index (χ0v) is 18.4. The first kappa shape index (κ1) is 22.0. The number of hydrogen-bond acceptors (Lipinski definition) is 7. The summed E-state index contributed by atoms with van der Waals surface area (Å²) in [7, 11) is 2.91. The number of hydrogen-bond donors (Lipinski definition) is 0. The van der Waals surface area contributed by atoms with Crippen LogP contribution in [0, 0.1) is 0 Å². The number of methoxy groups -OCH3 is 2. The van der Waals surface area contributed by atoms with Gasteiger partial charge in [0, 0.05) is 6.07 Å². The summed E-state index contributed by atoms with van der Waals surface area (Å²) in [6, 6.07) is 17.0. The van der Waals surface area contributed by atoms with Gasteiger partial charge in [-0.1, -0.05) is 31.2 Å². The van der Waals surface area contributed by atoms with Crippen molar-refractivity contribution < 1.29 is 28.2 Å². The summed E-state index contributed by atoms with van der Waals surface area (Å²) in [6.07, 6.45) is 2.02. The van der Waals surface area contributed by atoms with Gasteiger partial charge < -0.3 is 23.4 Å². The van der Waals surface area contributed by atoms with Crippen LogP contribution in [0.3, 0.4) is 0 Å². The van der Waals surface area contributed by atoms with Crippen molar-refractivity contribution in [3.63, 3.8) is 0 Å². The average molecular weight is 446 g/mol. The highest BCUT2D eigenvalue weighted by Gasteiger charge is 2.21. The molecule has 1 aromatic heterocycles. The molecule has 0 aliphatic heterocycles. The number of aryl methyl sites for hydroxylation is 1. The fourth-order valence-corrected chi connectivity index (χ4v) is 3.45. The fraction of sp³-hybridized carbons (Fsp3) is 0.154. The Labute approximate surface area is 190 Å². The van der Waals surface area contributed by atoms with E-state index in [1.54, 1.807) is 24.3 Å². The summed E-state index contributed by atoms with van der Waals surface area (Å²) in [4.78, 5) is 25.7. The van der Waals surface area contributed by atoms with E-state index < -0.39 is 5.97 Å². The van der Waals surface area contributed by atoms with Crippen molar-refractivity contribution in [2.45, 2.75) is 13.3 Å². The van der Waals surface area contributed by atoms with E-state index in [-0.39, 0.29) is 28.1 Å². The molecule has 0 bridgehead atoms. The van der Waals surface area contributed by atoms with Crippen molar-refractivity contribution in [3.05, 3.63) is 88.3 Å². The molecule has 0 aliphatic carbocycles. The second-order valence-electron chi connectivity index (χ2n) is 7.08. The van der Waals surface area contributed by atoms with Gasteiger partial charge in [0.2, 0.25) is 11.2 Å². The summed E-state index contributed by atoms with van der Waals surface area (Å²) in [6.45, 7) is 2.01. The molecular weight excluding hydrogens is 424 g/mol. The molecule has 0 saturated heterocycles. The molecule has 0 amide bonds. The van der Waals surface area contributed by atoms with E-state index in [9.17, 15) is 9.59 Å². The Bertz CT molecular complexity index is 1350. The molecule has 0 aliphatic rings. The number of carbonyl (C=O) groups excluding carboxylic acids is 1. The van der Waals surface area contributed by atoms with Gasteiger partial charge in [-0.15, -0.1) is 0 Å². The van der Waals surface area contributed by atoms with Crippen LogP contribution in [0.25, 0.3) is 11.0 Å². The highest BCUT2D eigenvalue weighted by atomic mass is 16.5. The van der Waals surface area contributed by atoms with Gasteiger partial charge in [-0.25, -0.2) is 4.79 Å². The van der Waals surface area contributed by atoms with Crippen molar-refractivity contribution >= 4 is 16.9 Å². The predicted molar refractivity (Wildman–Crippen MR) is 123 cm³/mol. The number of carbonyl (C=O) groups is 1. The van der Waals surface area contributed by atoms with Gasteiger partial charge in [0.1, 0.15) is 40.4 Å². The molecular formula is C26H22O7. The first-order valence-corrected chi connectivity index (χ1v) is 10.3. The zero-order chi connectivity index (χ0) is 23.4. The lowest BCUT2D eigenvalue weighted by molar-refractivity contribution is 0.0727. The number of esters is 1. The third-order valence-electron chi connectivity index (χ3n) is 5.13. The van der Waals surface area contributed by atoms with Crippen molar-refractivity contribution in [1.29, 1.82) is 0 Å². The molecule has 0 spiro atoms. The molecule has 0 atom stereocenters. The Kier molecular flexibility index (Phi) is 6.31. The average Bonchev–Trinajstić information content (AvgIpc) is 2.85. The van der Waals surface area contributed by atoms with E-state index in [1.165, 1.54) is 38.7 Å². The second kappa shape index (κ2) is 9.48. The van der Waals surface area contributed by atoms with Crippen LogP contribution in [-0.4, -0.2) is 20.2 Å². The molecule has 0 saturated carbocycles. The maximum atomic E-state index is 12.9. The highest BCUT2D eigenvalue weighted by Crippen LogP contribution is 2.31. The standard InChI is InChI=1S/C26H22O7/c1-4-16-8-5-6-9-19(16)33-23-15-31-22-14-17(12-13-18(22)25(23)27)32-26(28)24-20(29-2)10-7-11-21(24)30-3/h5-15H,4H2,1-3H3. The van der Waals surface area contributed by atoms with Gasteiger partial charge in [-0.2, -0.15) is 0 Å². The lowest BCUT2D eigenvalue weighted by atomic mass is 10.1. The first-order valence-electron chi connectivity index (χ1n) is 10.3. The zero-order valence-electron chi connectivity index (χ0n) is 18.4. The van der Waals surface area contributed by atoms with Crippen LogP contribution in [0.5, 0.6) is 28.7 Å². The van der Waals surface area contributed by atoms with Crippen LogP contribution in [0.4, 0.5) is 0 Å². The minimum absolute atomic E-state index is 0.0758. The van der Waals surface area contributed by atoms with Gasteiger partial charge in [-0.05, 0) is 42.3 Å². The van der Waals surface area contributed by atoms with Crippen LogP contribution in [0.2, 0.25) is 0 Å². The van der Waals surface area contributed by atoms with E-state index in [1.807, 2.05) is 25.1 Å². The lowest BCUT2D eigenvalue weighted by Gasteiger charge is -2.12. The first-order chi connectivity index (χ1) is 16.0. The topological polar surface area (TPSA) is 84.2 Å². The maximum absolute atomic E-state index is 12.9. The number of rotatable bonds is 7. The molecule has 0 fully saturated rings. The summed E-state index contributed by atoms with van der Waals surface area (Å²) >= 11 is 0. The van der Waals surface area contributed by atoms with E-state index in [4.69, 9.17) is 23.4 Å². The summed E-state index contributed by atoms with van der Waals surface area (Å²) in [5.74, 6) is 0.854. The Hall–Kier alpha value is -4.26. The highest BCUT2D eigenvalue weighted by molar-refractivity contribution is 5.97. The minimum Gasteiger partial charge on any atom is -0.496 e. The molecule has 33 heavy (non-hydrogen) atoms. The summed E-state index contributed by atoms with van der Waals surface area (Å²) in [5.41, 5.74) is 1.06. The van der Waals surface area contributed by atoms with Crippen molar-refractivity contribution in [2.75, 3.05) is 14.2 Å². The fourth-order valence-electron chi connectivity index (χ4n) is 3.45. The third kappa shape index (κ3) is 4.39. The van der Waals surface area contributed by atoms with Crippen LogP contribution >= 0.6 is 0 Å². The maximum Gasteiger partial charge on any atom is 0.351 e. The largest absolute Gasteiger partial charge is 0.496 e. The van der Waals surface area contributed by atoms with Crippen molar-refractivity contribution in [1.82, 2.24) is 0 Å². The van der Waals surface area contributed by atoms with E-state index in [0.29, 0.717) is 22.6 Å². The lowest BCUT2D eigenvalue weighted by Crippen LogP contribution is -2.12. The summed E-state index contributed by atoms with van der Waals surface area (Å²) < 4.78 is 27.5. The molecule has 4 rings (SSSR count). The third-order valence-corrected chi connectivity index (χ3v) is 5.13. The smallest absolute Gasteiger partial charge is 0.351 e. The molecule has 168 valence electrons. The van der Waals surface area contributed by atoms with Crippen LogP contribution in [0.15, 0.2) is 76.1 Å². The molecule has 1 heterocycles. The Morgan fingerprint density at radius 3 is 2.27 bits per heavy atom. The number of fused-ring (bicyclic) bond motifs is 1. The van der Waals surface area contributed by atoms with Crippen molar-refractivity contribution in [2.24, 2.45) is 0 Å². The van der Waals surface area contributed by atoms with Crippen molar-refractivity contribution in [3.8, 4) is 28.7 Å². The number of para-hydroxylation sites is 1. The summed E-state index contributed by atoms with van der Waals surface area (Å²) in [5, 5.41) is 0.302. The van der Waals surface area contributed by atoms with Crippen LogP contribution in [-0.2, 0) is 6.42 Å². The predicted octanol–water partition coefficient (Wildman–Crippen LogP) is 5.38. The SMILES string of the molecule is CCc1ccccc1Oc1coc2cc(OC(=O)c3c(OC)cccc3OC)ccc2c1=O. The Balaban J connectivity index is 1.63. The normalized spacial score (nSPS) is 10.6. The van der Waals surface area contributed by atoms with Crippen LogP contribution in [0.1, 0.15) is 22.8 Å². The number of ether oxygens (including phenoxy) is 4. The van der Waals surface area contributed by atoms with Gasteiger partial charge >= 0.3 is 5.97 Å². The van der Waals surface area contributed by atoms with E-state index >= 15 is 0 Å². The van der Waals surface area contributed by atoms with E-state index in [2.05, 4.69) is 0 Å². The molecule has 7 nitrogen and oxygen atoms in total. The molecule has 3 aromatic carbocycles. The Morgan fingerprint density at radius 1 is 0.879 bits per heavy atom. The quantitative estimate of drug-likeness (QED) is 0.278. The number of benzene rings is 3. The minimum atomic E-state index is -0.665. The van der Waals surface area contributed by atoms with Crippen LogP contribution < -0.4 is 24.4 Å². The van der Waals surface area contributed by atoms with E-state index in [0.717, 1.165) is 12.0 Å². The Morgan fingerprint density at radius 2 is 1.58 bits per heavy atom. The van der Waals surface area contributed by atoms with Gasteiger partial charge in [0.15, 0.2) is 0 Å². The molecule has 7 heteroatoms. The monoisotopic (exact) mass is 446 g/mol. The van der Waals surface area contributed by atoms with Gasteiger partial charge in [-0.3, -0.25) is 4.79 Å². The second-order valence-corrected chi connectivity index (χ2v) is 7.08. The van der Waals surface area contributed by atoms with Gasteiger partial charge in [0.25, 0.3) is 0 Å². The molecule has 0 radical (unpaired) electrons. The molecule has 4 aromatic rings. The molecule has 0 N–H and O–H groups in total. The molecule has 0 unspecified atom stereocenters. The van der Waals surface area contributed by atoms with Gasteiger partial charge in [0.05, 0.1) is 19.6 Å².